The second-order valence-electron chi connectivity index (χ2n) is 7.25. The number of benzene rings is 3. The fourth-order valence-corrected chi connectivity index (χ4v) is 4.12. The van der Waals surface area contributed by atoms with Gasteiger partial charge in [0, 0.05) is 39.0 Å². The summed E-state index contributed by atoms with van der Waals surface area (Å²) in [4.78, 5) is 11.2. The number of nitrogens with one attached hydrogen (secondary N) is 2. The first kappa shape index (κ1) is 16.0. The van der Waals surface area contributed by atoms with Crippen molar-refractivity contribution in [2.75, 3.05) is 0 Å². The van der Waals surface area contributed by atoms with E-state index in [0.717, 1.165) is 49.7 Å². The lowest BCUT2D eigenvalue weighted by Gasteiger charge is -2.05. The van der Waals surface area contributed by atoms with Crippen molar-refractivity contribution in [3.05, 3.63) is 85.1 Å². The van der Waals surface area contributed by atoms with Gasteiger partial charge in [-0.05, 0) is 35.9 Å². The van der Waals surface area contributed by atoms with E-state index < -0.39 is 0 Å². The van der Waals surface area contributed by atoms with Gasteiger partial charge in [-0.25, -0.2) is 4.98 Å². The molecule has 4 nitrogen and oxygen atoms in total. The van der Waals surface area contributed by atoms with Gasteiger partial charge in [-0.3, -0.25) is 0 Å². The summed E-state index contributed by atoms with van der Waals surface area (Å²) in [5, 5.41) is 13.9. The van der Waals surface area contributed by atoms with Gasteiger partial charge in [0.1, 0.15) is 0 Å². The predicted octanol–water partition coefficient (Wildman–Crippen LogP) is 6.24. The summed E-state index contributed by atoms with van der Waals surface area (Å²) >= 11 is 0. The van der Waals surface area contributed by atoms with Crippen LogP contribution in [-0.2, 0) is 0 Å². The fourth-order valence-electron chi connectivity index (χ4n) is 4.12. The predicted molar refractivity (Wildman–Crippen MR) is 118 cm³/mol. The summed E-state index contributed by atoms with van der Waals surface area (Å²) in [6.07, 6.45) is 2.03. The van der Waals surface area contributed by atoms with Gasteiger partial charge in [-0.1, -0.05) is 48.5 Å². The molecule has 3 aromatic heterocycles. The van der Waals surface area contributed by atoms with E-state index in [-0.39, 0.29) is 5.88 Å². The van der Waals surface area contributed by atoms with Crippen LogP contribution in [0, 0.1) is 0 Å². The molecule has 4 heteroatoms. The number of rotatable bonds is 2. The monoisotopic (exact) mass is 375 g/mol. The van der Waals surface area contributed by atoms with Crippen molar-refractivity contribution >= 4 is 32.7 Å². The third-order valence-corrected chi connectivity index (χ3v) is 5.53. The number of nitrogens with zero attached hydrogens (tertiary/aromatic N) is 1. The molecule has 0 aliphatic rings. The minimum absolute atomic E-state index is 0.138. The standard InChI is InChI=1S/C25H17N3O/c29-25-24(23-12-9-15-5-1-3-7-20(15)27-23)18-13-16(10-11-22(18)28-25)19-14-26-21-8-4-2-6-17(19)21/h1-14,26,28-29H. The fraction of sp³-hybridized carbons (Fsp3) is 0. The summed E-state index contributed by atoms with van der Waals surface area (Å²) in [5.41, 5.74) is 6.62. The molecule has 6 rings (SSSR count). The molecule has 3 heterocycles. The maximum Gasteiger partial charge on any atom is 0.199 e. The highest BCUT2D eigenvalue weighted by Gasteiger charge is 2.16. The number of H-pyrrole nitrogens is 2. The average molecular weight is 375 g/mol. The van der Waals surface area contributed by atoms with Gasteiger partial charge in [0.15, 0.2) is 5.88 Å². The molecule has 0 amide bonds. The number of hydrogen-bond donors (Lipinski definition) is 3. The number of aromatic amines is 2. The molecule has 0 unspecified atom stereocenters. The molecule has 0 saturated carbocycles. The maximum atomic E-state index is 10.7. The van der Waals surface area contributed by atoms with Gasteiger partial charge in [-0.2, -0.15) is 0 Å². The van der Waals surface area contributed by atoms with E-state index in [1.807, 2.05) is 60.8 Å². The number of para-hydroxylation sites is 2. The molecule has 0 aliphatic heterocycles. The van der Waals surface area contributed by atoms with Crippen LogP contribution in [-0.4, -0.2) is 20.1 Å². The molecule has 3 aromatic carbocycles. The zero-order chi connectivity index (χ0) is 19.4. The van der Waals surface area contributed by atoms with E-state index in [9.17, 15) is 5.11 Å². The summed E-state index contributed by atoms with van der Waals surface area (Å²) in [5.74, 6) is 0.138. The van der Waals surface area contributed by atoms with Crippen LogP contribution >= 0.6 is 0 Å². The molecule has 0 radical (unpaired) electrons. The molecule has 3 N–H and O–H groups in total. The van der Waals surface area contributed by atoms with E-state index >= 15 is 0 Å². The maximum absolute atomic E-state index is 10.7. The quantitative estimate of drug-likeness (QED) is 0.335. The lowest BCUT2D eigenvalue weighted by Crippen LogP contribution is -1.85. The zero-order valence-corrected chi connectivity index (χ0v) is 15.5. The van der Waals surface area contributed by atoms with Gasteiger partial charge < -0.3 is 15.1 Å². The molecule has 6 aromatic rings. The molecule has 0 fully saturated rings. The lowest BCUT2D eigenvalue weighted by molar-refractivity contribution is 0.460. The summed E-state index contributed by atoms with van der Waals surface area (Å²) in [6.45, 7) is 0. The van der Waals surface area contributed by atoms with Gasteiger partial charge >= 0.3 is 0 Å². The first-order chi connectivity index (χ1) is 14.3. The van der Waals surface area contributed by atoms with Crippen LogP contribution in [0.1, 0.15) is 0 Å². The molecule has 0 bridgehead atoms. The molecule has 0 saturated heterocycles. The second-order valence-corrected chi connectivity index (χ2v) is 7.25. The molecular weight excluding hydrogens is 358 g/mol. The van der Waals surface area contributed by atoms with Crippen LogP contribution in [0.15, 0.2) is 85.1 Å². The van der Waals surface area contributed by atoms with E-state index in [1.165, 1.54) is 5.39 Å². The summed E-state index contributed by atoms with van der Waals surface area (Å²) in [7, 11) is 0. The normalized spacial score (nSPS) is 11.6. The molecule has 29 heavy (non-hydrogen) atoms. The van der Waals surface area contributed by atoms with E-state index in [2.05, 4.69) is 34.2 Å². The van der Waals surface area contributed by atoms with Gasteiger partial charge in [0.2, 0.25) is 0 Å². The first-order valence-electron chi connectivity index (χ1n) is 9.55. The van der Waals surface area contributed by atoms with Gasteiger partial charge in [0.05, 0.1) is 16.8 Å². The van der Waals surface area contributed by atoms with E-state index in [1.54, 1.807) is 0 Å². The lowest BCUT2D eigenvalue weighted by atomic mass is 10.0. The van der Waals surface area contributed by atoms with E-state index in [4.69, 9.17) is 4.98 Å². The van der Waals surface area contributed by atoms with Crippen LogP contribution in [0.3, 0.4) is 0 Å². The van der Waals surface area contributed by atoms with Crippen molar-refractivity contribution < 1.29 is 5.11 Å². The van der Waals surface area contributed by atoms with Crippen molar-refractivity contribution in [2.45, 2.75) is 0 Å². The highest BCUT2D eigenvalue weighted by atomic mass is 16.3. The van der Waals surface area contributed by atoms with Crippen LogP contribution in [0.25, 0.3) is 55.1 Å². The third kappa shape index (κ3) is 2.43. The molecule has 0 spiro atoms. The Balaban J connectivity index is 1.58. The molecule has 138 valence electrons. The Hall–Kier alpha value is -4.05. The van der Waals surface area contributed by atoms with Crippen molar-refractivity contribution in [1.82, 2.24) is 15.0 Å². The highest BCUT2D eigenvalue weighted by molar-refractivity contribution is 6.03. The highest BCUT2D eigenvalue weighted by Crippen LogP contribution is 2.39. The van der Waals surface area contributed by atoms with Crippen LogP contribution < -0.4 is 0 Å². The average Bonchev–Trinajstić information content (AvgIpc) is 3.33. The minimum atomic E-state index is 0.138. The van der Waals surface area contributed by atoms with Crippen LogP contribution in [0.5, 0.6) is 5.88 Å². The Morgan fingerprint density at radius 2 is 1.62 bits per heavy atom. The Morgan fingerprint density at radius 1 is 0.759 bits per heavy atom. The van der Waals surface area contributed by atoms with E-state index in [0.29, 0.717) is 0 Å². The summed E-state index contributed by atoms with van der Waals surface area (Å²) < 4.78 is 0. The molecule has 0 atom stereocenters. The Bertz CT molecular complexity index is 1520. The Morgan fingerprint density at radius 3 is 2.59 bits per heavy atom. The summed E-state index contributed by atoms with van der Waals surface area (Å²) in [6, 6.07) is 26.5. The number of fused-ring (bicyclic) bond motifs is 3. The van der Waals surface area contributed by atoms with Crippen molar-refractivity contribution in [2.24, 2.45) is 0 Å². The number of hydrogen-bond acceptors (Lipinski definition) is 2. The van der Waals surface area contributed by atoms with Crippen molar-refractivity contribution in [3.8, 4) is 28.3 Å². The minimum Gasteiger partial charge on any atom is -0.494 e. The van der Waals surface area contributed by atoms with Crippen molar-refractivity contribution in [3.63, 3.8) is 0 Å². The zero-order valence-electron chi connectivity index (χ0n) is 15.5. The van der Waals surface area contributed by atoms with Gasteiger partial charge in [-0.15, -0.1) is 0 Å². The SMILES string of the molecule is Oc1[nH]c2ccc(-c3c[nH]c4ccccc34)cc2c1-c1ccc2ccccc2n1. The van der Waals surface area contributed by atoms with Crippen LogP contribution in [0.4, 0.5) is 0 Å². The number of pyridine rings is 1. The van der Waals surface area contributed by atoms with Crippen molar-refractivity contribution in [1.29, 1.82) is 0 Å². The second kappa shape index (κ2) is 5.97. The third-order valence-electron chi connectivity index (χ3n) is 5.53. The largest absolute Gasteiger partial charge is 0.494 e. The molecular formula is C25H17N3O. The Labute approximate surface area is 166 Å². The smallest absolute Gasteiger partial charge is 0.199 e. The topological polar surface area (TPSA) is 64.7 Å². The Kier molecular flexibility index (Phi) is 3.29. The number of aromatic hydroxyl groups is 1. The van der Waals surface area contributed by atoms with Gasteiger partial charge in [0.25, 0.3) is 0 Å². The number of aromatic nitrogens is 3. The first-order valence-corrected chi connectivity index (χ1v) is 9.55. The molecule has 0 aliphatic carbocycles. The van der Waals surface area contributed by atoms with Crippen LogP contribution in [0.2, 0.25) is 0 Å².